The second-order valence-electron chi connectivity index (χ2n) is 9.63. The van der Waals surface area contributed by atoms with Crippen LogP contribution < -0.4 is 9.62 Å². The molecule has 9 heteroatoms. The average molecular weight is 590 g/mol. The van der Waals surface area contributed by atoms with E-state index in [1.54, 1.807) is 30.3 Å². The van der Waals surface area contributed by atoms with Gasteiger partial charge in [0.2, 0.25) is 11.8 Å². The van der Waals surface area contributed by atoms with Gasteiger partial charge in [0.05, 0.1) is 10.6 Å². The fourth-order valence-corrected chi connectivity index (χ4v) is 6.01. The zero-order valence-corrected chi connectivity index (χ0v) is 24.5. The van der Waals surface area contributed by atoms with Crippen LogP contribution in [0.25, 0.3) is 0 Å². The van der Waals surface area contributed by atoms with Crippen molar-refractivity contribution in [3.8, 4) is 0 Å². The summed E-state index contributed by atoms with van der Waals surface area (Å²) < 4.78 is 28.8. The summed E-state index contributed by atoms with van der Waals surface area (Å²) in [5.74, 6) is -0.863. The summed E-state index contributed by atoms with van der Waals surface area (Å²) in [7, 11) is -2.64. The predicted octanol–water partition coefficient (Wildman–Crippen LogP) is 5.23. The Kier molecular flexibility index (Phi) is 9.81. The number of rotatable bonds is 11. The first-order chi connectivity index (χ1) is 19.7. The highest BCUT2D eigenvalue weighted by atomic mass is 35.5. The van der Waals surface area contributed by atoms with Crippen LogP contribution in [0, 0.1) is 6.92 Å². The molecule has 0 aliphatic carbocycles. The van der Waals surface area contributed by atoms with Gasteiger partial charge in [0.15, 0.2) is 0 Å². The predicted molar refractivity (Wildman–Crippen MR) is 162 cm³/mol. The lowest BCUT2D eigenvalue weighted by Gasteiger charge is -2.33. The maximum Gasteiger partial charge on any atom is 0.264 e. The van der Waals surface area contributed by atoms with Gasteiger partial charge >= 0.3 is 0 Å². The molecule has 0 aliphatic rings. The quantitative estimate of drug-likeness (QED) is 0.260. The Morgan fingerprint density at radius 3 is 1.98 bits per heavy atom. The number of hydrogen-bond donors (Lipinski definition) is 1. The van der Waals surface area contributed by atoms with Gasteiger partial charge in [-0.2, -0.15) is 0 Å². The van der Waals surface area contributed by atoms with Crippen molar-refractivity contribution in [3.05, 3.63) is 131 Å². The van der Waals surface area contributed by atoms with Crippen LogP contribution in [-0.4, -0.2) is 44.8 Å². The average Bonchev–Trinajstić information content (AvgIpc) is 2.99. The number of sulfonamides is 1. The minimum absolute atomic E-state index is 0.00391. The second-order valence-corrected chi connectivity index (χ2v) is 11.9. The summed E-state index contributed by atoms with van der Waals surface area (Å²) in [5, 5.41) is 3.08. The number of benzene rings is 4. The van der Waals surface area contributed by atoms with Gasteiger partial charge in [-0.05, 0) is 54.4 Å². The number of halogens is 1. The van der Waals surface area contributed by atoms with Gasteiger partial charge in [0.25, 0.3) is 10.0 Å². The summed E-state index contributed by atoms with van der Waals surface area (Å²) in [6.45, 7) is 1.57. The van der Waals surface area contributed by atoms with Crippen LogP contribution in [0.4, 0.5) is 5.69 Å². The zero-order valence-electron chi connectivity index (χ0n) is 22.9. The van der Waals surface area contributed by atoms with Crippen LogP contribution >= 0.6 is 11.6 Å². The molecule has 7 nitrogen and oxygen atoms in total. The fraction of sp³-hybridized carbons (Fsp3) is 0.188. The molecule has 41 heavy (non-hydrogen) atoms. The molecule has 0 bridgehead atoms. The second kappa shape index (κ2) is 13.5. The van der Waals surface area contributed by atoms with Crippen LogP contribution in [0.3, 0.4) is 0 Å². The van der Waals surface area contributed by atoms with Gasteiger partial charge in [-0.15, -0.1) is 0 Å². The third-order valence-electron chi connectivity index (χ3n) is 6.72. The molecular formula is C32H32ClN3O4S. The molecule has 0 aromatic heterocycles. The maximum atomic E-state index is 14.2. The number of nitrogens with zero attached hydrogens (tertiary/aromatic N) is 2. The summed E-state index contributed by atoms with van der Waals surface area (Å²) in [4.78, 5) is 28.9. The van der Waals surface area contributed by atoms with E-state index in [0.29, 0.717) is 10.7 Å². The first-order valence-corrected chi connectivity index (χ1v) is 14.9. The van der Waals surface area contributed by atoms with Crippen molar-refractivity contribution in [2.45, 2.75) is 30.8 Å². The first-order valence-electron chi connectivity index (χ1n) is 13.1. The van der Waals surface area contributed by atoms with Crippen LogP contribution in [0.1, 0.15) is 16.7 Å². The Labute approximate surface area is 246 Å². The Hall–Kier alpha value is -4.14. The minimum atomic E-state index is -4.16. The molecule has 0 saturated carbocycles. The van der Waals surface area contributed by atoms with E-state index in [4.69, 9.17) is 11.6 Å². The van der Waals surface area contributed by atoms with Gasteiger partial charge in [-0.1, -0.05) is 90.0 Å². The molecule has 4 aromatic carbocycles. The molecule has 1 N–H and O–H groups in total. The van der Waals surface area contributed by atoms with Gasteiger partial charge in [0.1, 0.15) is 12.6 Å². The molecule has 0 unspecified atom stereocenters. The number of likely N-dealkylation sites (N-methyl/N-ethyl adjacent to an activating group) is 1. The van der Waals surface area contributed by atoms with Crippen molar-refractivity contribution < 1.29 is 18.0 Å². The van der Waals surface area contributed by atoms with Crippen molar-refractivity contribution in [2.24, 2.45) is 0 Å². The third kappa shape index (κ3) is 7.54. The smallest absolute Gasteiger partial charge is 0.264 e. The monoisotopic (exact) mass is 589 g/mol. The molecule has 0 aliphatic heterocycles. The minimum Gasteiger partial charge on any atom is -0.357 e. The summed E-state index contributed by atoms with van der Waals surface area (Å²) in [6, 6.07) is 30.4. The molecule has 0 heterocycles. The molecular weight excluding hydrogens is 558 g/mol. The number of carbonyl (C=O) groups is 2. The molecule has 0 radical (unpaired) electrons. The molecule has 2 amide bonds. The number of anilines is 1. The van der Waals surface area contributed by atoms with Gasteiger partial charge in [0, 0.05) is 25.0 Å². The van der Waals surface area contributed by atoms with Crippen LogP contribution in [0.15, 0.2) is 114 Å². The van der Waals surface area contributed by atoms with E-state index in [1.807, 2.05) is 61.5 Å². The largest absolute Gasteiger partial charge is 0.357 e. The molecule has 0 spiro atoms. The normalized spacial score (nSPS) is 11.9. The molecule has 4 rings (SSSR count). The van der Waals surface area contributed by atoms with Crippen molar-refractivity contribution in [1.29, 1.82) is 0 Å². The van der Waals surface area contributed by atoms with Crippen LogP contribution in [0.5, 0.6) is 0 Å². The van der Waals surface area contributed by atoms with Crippen LogP contribution in [0.2, 0.25) is 5.02 Å². The first kappa shape index (κ1) is 29.8. The van der Waals surface area contributed by atoms with Gasteiger partial charge < -0.3 is 10.2 Å². The molecule has 0 fully saturated rings. The molecule has 0 saturated heterocycles. The molecule has 212 valence electrons. The Bertz CT molecular complexity index is 1560. The van der Waals surface area contributed by atoms with Gasteiger partial charge in [-0.25, -0.2) is 8.42 Å². The lowest BCUT2D eigenvalue weighted by molar-refractivity contribution is -0.139. The SMILES string of the molecule is CNC(=O)[C@H](Cc1ccccc1)N(Cc1ccc(C)cc1)C(=O)CN(c1ccccc1)S(=O)(=O)c1ccc(Cl)cc1. The van der Waals surface area contributed by atoms with E-state index < -0.39 is 28.5 Å². The van der Waals surface area contributed by atoms with Crippen molar-refractivity contribution >= 4 is 39.1 Å². The number of aryl methyl sites for hydroxylation is 1. The maximum absolute atomic E-state index is 14.2. The fourth-order valence-electron chi connectivity index (χ4n) is 4.47. The Balaban J connectivity index is 1.76. The van der Waals surface area contributed by atoms with Crippen molar-refractivity contribution in [1.82, 2.24) is 10.2 Å². The Morgan fingerprint density at radius 1 is 0.805 bits per heavy atom. The number of nitrogens with one attached hydrogen (secondary N) is 1. The lowest BCUT2D eigenvalue weighted by Crippen LogP contribution is -2.53. The van der Waals surface area contributed by atoms with E-state index in [9.17, 15) is 18.0 Å². The number of amides is 2. The van der Waals surface area contributed by atoms with Gasteiger partial charge in [-0.3, -0.25) is 13.9 Å². The standard InChI is InChI=1S/C32H32ClN3O4S/c1-24-13-15-26(16-14-24)22-35(30(32(38)34-2)21-25-9-5-3-6-10-25)31(37)23-36(28-11-7-4-8-12-28)41(39,40)29-19-17-27(33)18-20-29/h3-20,30H,21-23H2,1-2H3,(H,34,38)/t30-/m0/s1. The number of carbonyl (C=O) groups excluding carboxylic acids is 2. The van der Waals surface area contributed by atoms with E-state index in [-0.39, 0.29) is 23.8 Å². The number of para-hydroxylation sites is 1. The lowest BCUT2D eigenvalue weighted by atomic mass is 10.0. The third-order valence-corrected chi connectivity index (χ3v) is 8.76. The highest BCUT2D eigenvalue weighted by Gasteiger charge is 2.34. The highest BCUT2D eigenvalue weighted by Crippen LogP contribution is 2.26. The summed E-state index contributed by atoms with van der Waals surface area (Å²) >= 11 is 6.01. The molecule has 4 aromatic rings. The molecule has 1 atom stereocenters. The van der Waals surface area contributed by atoms with Crippen LogP contribution in [-0.2, 0) is 32.6 Å². The number of hydrogen-bond acceptors (Lipinski definition) is 4. The highest BCUT2D eigenvalue weighted by molar-refractivity contribution is 7.92. The van der Waals surface area contributed by atoms with E-state index in [0.717, 1.165) is 21.0 Å². The van der Waals surface area contributed by atoms with E-state index in [1.165, 1.54) is 36.2 Å². The van der Waals surface area contributed by atoms with E-state index in [2.05, 4.69) is 5.32 Å². The Morgan fingerprint density at radius 2 is 1.39 bits per heavy atom. The van der Waals surface area contributed by atoms with Crippen molar-refractivity contribution in [2.75, 3.05) is 17.9 Å². The van der Waals surface area contributed by atoms with Crippen molar-refractivity contribution in [3.63, 3.8) is 0 Å². The topological polar surface area (TPSA) is 86.8 Å². The summed E-state index contributed by atoms with van der Waals surface area (Å²) in [5.41, 5.74) is 3.07. The zero-order chi connectivity index (χ0) is 29.4. The summed E-state index contributed by atoms with van der Waals surface area (Å²) in [6.07, 6.45) is 0.257. The van der Waals surface area contributed by atoms with E-state index >= 15 is 0 Å².